The molecule has 0 radical (unpaired) electrons. The Hall–Kier alpha value is -0.810. The van der Waals surface area contributed by atoms with Crippen LogP contribution in [0.5, 0.6) is 0 Å². The summed E-state index contributed by atoms with van der Waals surface area (Å²) in [6, 6.07) is 0. The molecule has 0 saturated carbocycles. The lowest BCUT2D eigenvalue weighted by atomic mass is 10.6. The molecule has 0 N–H and O–H groups in total. The second kappa shape index (κ2) is 44.2. The minimum Gasteiger partial charge on any atom is -0.211 e. The van der Waals surface area contributed by atoms with Crippen molar-refractivity contribution >= 4 is 56.1 Å². The molecule has 0 aliphatic carbocycles. The van der Waals surface area contributed by atoms with Gasteiger partial charge < -0.3 is 0 Å². The third kappa shape index (κ3) is 114. The molecule has 0 aromatic heterocycles. The van der Waals surface area contributed by atoms with Gasteiger partial charge in [0, 0.05) is 0 Å². The van der Waals surface area contributed by atoms with Gasteiger partial charge in [0.05, 0.1) is 17.6 Å². The van der Waals surface area contributed by atoms with Crippen LogP contribution in [0.1, 0.15) is 20.3 Å². The monoisotopic (exact) mass is 311 g/mol. The summed E-state index contributed by atoms with van der Waals surface area (Å²) in [6.45, 7) is 4.25. The first kappa shape index (κ1) is 25.9. The molecule has 0 rings (SSSR count). The second-order valence-electron chi connectivity index (χ2n) is 1.88. The number of carbonyl (C=O) groups excluding carboxylic acids is 3. The maximum Gasteiger partial charge on any atom is 0.235 e. The highest BCUT2D eigenvalue weighted by Crippen LogP contribution is 1.66. The fourth-order valence-electron chi connectivity index (χ4n) is 0.0866. The number of aliphatic imine (C=N–C) groups is 3. The van der Waals surface area contributed by atoms with Crippen LogP contribution in [0.25, 0.3) is 0 Å². The van der Waals surface area contributed by atoms with E-state index in [0.717, 1.165) is 0 Å². The van der Waals surface area contributed by atoms with Gasteiger partial charge in [-0.25, -0.2) is 14.4 Å². The van der Waals surface area contributed by atoms with Crippen LogP contribution >= 0.6 is 37.9 Å². The summed E-state index contributed by atoms with van der Waals surface area (Å²) in [5.41, 5.74) is 0. The molecule has 0 aliphatic heterocycles. The van der Waals surface area contributed by atoms with Gasteiger partial charge >= 0.3 is 0 Å². The molecule has 0 aromatic carbocycles. The molecule has 0 bridgehead atoms. The van der Waals surface area contributed by atoms with Crippen molar-refractivity contribution in [2.24, 2.45) is 15.0 Å². The van der Waals surface area contributed by atoms with E-state index in [2.05, 4.69) is 66.7 Å². The lowest BCUT2D eigenvalue weighted by Crippen LogP contribution is -1.53. The molecular weight excluding hydrogens is 294 g/mol. The van der Waals surface area contributed by atoms with E-state index in [1.54, 1.807) is 0 Å². The third-order valence-corrected chi connectivity index (χ3v) is 0.830. The van der Waals surface area contributed by atoms with Crippen LogP contribution in [0.3, 0.4) is 0 Å². The molecule has 0 fully saturated rings. The lowest BCUT2D eigenvalue weighted by molar-refractivity contribution is 0.563. The van der Waals surface area contributed by atoms with E-state index in [1.165, 1.54) is 24.7 Å². The van der Waals surface area contributed by atoms with Gasteiger partial charge in [0.1, 0.15) is 0 Å². The molecule has 0 aromatic rings. The largest absolute Gasteiger partial charge is 0.235 e. The molecule has 18 heavy (non-hydrogen) atoms. The van der Waals surface area contributed by atoms with Crippen molar-refractivity contribution in [2.75, 3.05) is 17.6 Å². The van der Waals surface area contributed by atoms with E-state index in [0.29, 0.717) is 0 Å². The molecule has 0 aliphatic rings. The van der Waals surface area contributed by atoms with E-state index in [1.807, 2.05) is 0 Å². The van der Waals surface area contributed by atoms with E-state index < -0.39 is 0 Å². The molecule has 0 saturated heterocycles. The quantitative estimate of drug-likeness (QED) is 0.423. The Morgan fingerprint density at radius 1 is 0.722 bits per heavy atom. The highest BCUT2D eigenvalue weighted by Gasteiger charge is 1.53. The van der Waals surface area contributed by atoms with Crippen LogP contribution in [0, 0.1) is 0 Å². The van der Waals surface area contributed by atoms with Crippen LogP contribution in [0.4, 0.5) is 0 Å². The minimum absolute atomic E-state index is 0.240. The van der Waals surface area contributed by atoms with E-state index in [4.69, 9.17) is 14.4 Å². The van der Waals surface area contributed by atoms with E-state index in [-0.39, 0.29) is 17.6 Å². The van der Waals surface area contributed by atoms with Gasteiger partial charge in [-0.05, 0) is 0 Å². The van der Waals surface area contributed by atoms with Gasteiger partial charge in [-0.2, -0.15) is 52.9 Å². The van der Waals surface area contributed by atoms with Crippen molar-refractivity contribution in [1.82, 2.24) is 0 Å². The maximum atomic E-state index is 9.06. The lowest BCUT2D eigenvalue weighted by Gasteiger charge is -1.58. The van der Waals surface area contributed by atoms with Gasteiger partial charge in [-0.3, -0.25) is 0 Å². The third-order valence-electron chi connectivity index (χ3n) is 0.406. The van der Waals surface area contributed by atoms with E-state index in [9.17, 15) is 0 Å². The number of nitrogens with zero attached hydrogens (tertiary/aromatic N) is 3. The van der Waals surface area contributed by atoms with Crippen molar-refractivity contribution in [3.05, 3.63) is 0 Å². The van der Waals surface area contributed by atoms with Gasteiger partial charge in [-0.1, -0.05) is 20.3 Å². The fourth-order valence-corrected chi connectivity index (χ4v) is 0.260. The van der Waals surface area contributed by atoms with Crippen molar-refractivity contribution in [3.63, 3.8) is 0 Å². The highest BCUT2D eigenvalue weighted by molar-refractivity contribution is 7.80. The minimum atomic E-state index is 0.240. The second-order valence-corrected chi connectivity index (χ2v) is 2.73. The van der Waals surface area contributed by atoms with Crippen molar-refractivity contribution in [1.29, 1.82) is 0 Å². The summed E-state index contributed by atoms with van der Waals surface area (Å²) in [5, 5.41) is 0. The van der Waals surface area contributed by atoms with Gasteiger partial charge in [0.15, 0.2) is 0 Å². The van der Waals surface area contributed by atoms with Gasteiger partial charge in [0.2, 0.25) is 18.2 Å². The first-order valence-electron chi connectivity index (χ1n) is 4.59. The summed E-state index contributed by atoms with van der Waals surface area (Å²) in [4.78, 5) is 36.3. The molecule has 0 spiro atoms. The molecule has 0 unspecified atom stereocenters. The zero-order chi connectivity index (χ0) is 15.1. The Morgan fingerprint density at radius 2 is 0.889 bits per heavy atom. The Bertz CT molecular complexity index is 229. The number of hydrogen-bond donors (Lipinski definition) is 3. The molecule has 9 heteroatoms. The van der Waals surface area contributed by atoms with Gasteiger partial charge in [-0.15, -0.1) is 0 Å². The van der Waals surface area contributed by atoms with Crippen LogP contribution in [-0.4, -0.2) is 35.9 Å². The number of thiol groups is 3. The number of rotatable bonds is 3. The average Bonchev–Trinajstić information content (AvgIpc) is 2.35. The van der Waals surface area contributed by atoms with Crippen molar-refractivity contribution < 1.29 is 14.4 Å². The predicted octanol–water partition coefficient (Wildman–Crippen LogP) is 2.04. The summed E-state index contributed by atoms with van der Waals surface area (Å²) in [6.07, 6.45) is 5.20. The Labute approximate surface area is 123 Å². The summed E-state index contributed by atoms with van der Waals surface area (Å²) in [5.74, 6) is 0.719. The number of hydrogen-bond acceptors (Lipinski definition) is 9. The zero-order valence-electron chi connectivity index (χ0n) is 10.2. The Kier molecular flexibility index (Phi) is 63.6. The summed E-state index contributed by atoms with van der Waals surface area (Å²) < 4.78 is 0. The predicted molar refractivity (Wildman–Crippen MR) is 81.9 cm³/mol. The standard InChI is InChI=1S/C3H8.3C2H3NOS/c1-3-2;3*4-1-3-2-5/h3H2,1-2H3;3*5H,2H2. The molecule has 0 atom stereocenters. The molecule has 0 heterocycles. The highest BCUT2D eigenvalue weighted by atomic mass is 32.1. The van der Waals surface area contributed by atoms with E-state index >= 15 is 0 Å². The average molecular weight is 311 g/mol. The molecule has 0 amide bonds. The number of isocyanates is 3. The normalized spacial score (nSPS) is 5.83. The molecule has 104 valence electrons. The van der Waals surface area contributed by atoms with Crippen LogP contribution in [0.15, 0.2) is 15.0 Å². The topological polar surface area (TPSA) is 88.3 Å². The van der Waals surface area contributed by atoms with Crippen LogP contribution < -0.4 is 0 Å². The van der Waals surface area contributed by atoms with Crippen LogP contribution in [-0.2, 0) is 14.4 Å². The fraction of sp³-hybridized carbons (Fsp3) is 0.667. The first-order valence-corrected chi connectivity index (χ1v) is 6.49. The molecule has 6 nitrogen and oxygen atoms in total. The maximum absolute atomic E-state index is 9.06. The smallest absolute Gasteiger partial charge is 0.211 e. The van der Waals surface area contributed by atoms with Crippen molar-refractivity contribution in [2.45, 2.75) is 20.3 Å². The molecular formula is C9H17N3O3S3. The summed E-state index contributed by atoms with van der Waals surface area (Å²) >= 11 is 10.7. The van der Waals surface area contributed by atoms with Crippen molar-refractivity contribution in [3.8, 4) is 0 Å². The van der Waals surface area contributed by atoms with Gasteiger partial charge in [0.25, 0.3) is 0 Å². The zero-order valence-corrected chi connectivity index (χ0v) is 12.9. The summed E-state index contributed by atoms with van der Waals surface area (Å²) in [7, 11) is 0. The SMILES string of the molecule is CCC.O=C=NCS.O=C=NCS.O=C=NCS. The Morgan fingerprint density at radius 3 is 0.889 bits per heavy atom. The van der Waals surface area contributed by atoms with Crippen LogP contribution in [0.2, 0.25) is 0 Å². The first-order chi connectivity index (χ1) is 8.66. The Balaban J connectivity index is -0.0000000739.